The van der Waals surface area contributed by atoms with E-state index in [1.807, 2.05) is 18.2 Å². The lowest BCUT2D eigenvalue weighted by molar-refractivity contribution is 1.06. The maximum absolute atomic E-state index is 6.07. The van der Waals surface area contributed by atoms with Crippen molar-refractivity contribution in [3.05, 3.63) is 69.2 Å². The third-order valence-corrected chi connectivity index (χ3v) is 4.71. The molecule has 0 aliphatic rings. The van der Waals surface area contributed by atoms with Gasteiger partial charge in [0.2, 0.25) is 0 Å². The molecule has 2 aromatic carbocycles. The Kier molecular flexibility index (Phi) is 4.71. The maximum Gasteiger partial charge on any atom is 0.0647 e. The molecule has 2 rings (SSSR count). The summed E-state index contributed by atoms with van der Waals surface area (Å²) < 4.78 is 0. The van der Waals surface area contributed by atoms with Crippen LogP contribution in [0.1, 0.15) is 28.4 Å². The lowest BCUT2D eigenvalue weighted by Gasteiger charge is -2.15. The topological polar surface area (TPSA) is 0 Å². The molecule has 3 heteroatoms. The molecule has 0 radical (unpaired) electrons. The number of hydrogen-bond acceptors (Lipinski definition) is 0. The second-order valence-electron chi connectivity index (χ2n) is 4.09. The van der Waals surface area contributed by atoms with Gasteiger partial charge in [0.1, 0.15) is 0 Å². The molecule has 0 saturated carbocycles. The maximum atomic E-state index is 6.07. The van der Waals surface area contributed by atoms with Crippen molar-refractivity contribution in [2.75, 3.05) is 0 Å². The molecule has 0 saturated heterocycles. The largest absolute Gasteiger partial charge is 0.0827 e. The molecule has 0 heterocycles. The molecule has 0 nitrogen and oxygen atoms in total. The monoisotopic (exact) mass is 342 g/mol. The summed E-state index contributed by atoms with van der Waals surface area (Å²) in [6.07, 6.45) is 1.01. The lowest BCUT2D eigenvalue weighted by Crippen LogP contribution is -1.97. The third kappa shape index (κ3) is 2.90. The molecule has 2 aromatic rings. The van der Waals surface area contributed by atoms with Gasteiger partial charge < -0.3 is 0 Å². The first-order valence-corrected chi connectivity index (χ1v) is 7.47. The Morgan fingerprint density at radius 2 is 1.78 bits per heavy atom. The third-order valence-electron chi connectivity index (χ3n) is 2.95. The van der Waals surface area contributed by atoms with Crippen LogP contribution in [-0.2, 0) is 6.42 Å². The number of alkyl halides is 1. The fraction of sp³-hybridized carbons (Fsp3) is 0.200. The zero-order chi connectivity index (χ0) is 13.1. The zero-order valence-electron chi connectivity index (χ0n) is 9.96. The van der Waals surface area contributed by atoms with Crippen molar-refractivity contribution in [3.63, 3.8) is 0 Å². The first-order valence-electron chi connectivity index (χ1n) is 5.80. The first-order chi connectivity index (χ1) is 8.63. The van der Waals surface area contributed by atoms with Gasteiger partial charge in [0, 0.05) is 0 Å². The summed E-state index contributed by atoms with van der Waals surface area (Å²) in [5.74, 6) is 0. The van der Waals surface area contributed by atoms with Gasteiger partial charge in [-0.05, 0) is 35.2 Å². The predicted octanol–water partition coefficient (Wildman–Crippen LogP) is 6.04. The van der Waals surface area contributed by atoms with Crippen molar-refractivity contribution in [1.82, 2.24) is 0 Å². The molecule has 0 bridgehead atoms. The highest BCUT2D eigenvalue weighted by Gasteiger charge is 2.14. The molecule has 94 valence electrons. The van der Waals surface area contributed by atoms with Crippen molar-refractivity contribution < 1.29 is 0 Å². The highest BCUT2D eigenvalue weighted by molar-refractivity contribution is 9.09. The second kappa shape index (κ2) is 6.10. The highest BCUT2D eigenvalue weighted by atomic mass is 79.9. The van der Waals surface area contributed by atoms with Crippen molar-refractivity contribution in [2.24, 2.45) is 0 Å². The van der Waals surface area contributed by atoms with E-state index in [0.717, 1.165) is 12.0 Å². The minimum absolute atomic E-state index is 0.142. The molecule has 18 heavy (non-hydrogen) atoms. The van der Waals surface area contributed by atoms with Crippen molar-refractivity contribution in [2.45, 2.75) is 18.2 Å². The van der Waals surface area contributed by atoms with Crippen LogP contribution in [0.3, 0.4) is 0 Å². The van der Waals surface area contributed by atoms with Gasteiger partial charge >= 0.3 is 0 Å². The number of rotatable bonds is 3. The summed E-state index contributed by atoms with van der Waals surface area (Å²) in [5, 5.41) is 1.18. The van der Waals surface area contributed by atoms with Gasteiger partial charge in [0.25, 0.3) is 0 Å². The summed E-state index contributed by atoms with van der Waals surface area (Å²) in [4.78, 5) is 0.142. The second-order valence-corrected chi connectivity index (χ2v) is 5.82. The van der Waals surface area contributed by atoms with Crippen molar-refractivity contribution in [1.29, 1.82) is 0 Å². The minimum atomic E-state index is 0.142. The summed E-state index contributed by atoms with van der Waals surface area (Å²) >= 11 is 15.8. The van der Waals surface area contributed by atoms with E-state index in [2.05, 4.69) is 47.1 Å². The number of aryl methyl sites for hydroxylation is 1. The van der Waals surface area contributed by atoms with Gasteiger partial charge in [-0.3, -0.25) is 0 Å². The molecule has 0 aromatic heterocycles. The molecular weight excluding hydrogens is 331 g/mol. The SMILES string of the molecule is CCc1ccccc1C(Br)c1ccc(Cl)c(Cl)c1. The van der Waals surface area contributed by atoms with E-state index in [9.17, 15) is 0 Å². The van der Waals surface area contributed by atoms with Crippen LogP contribution in [0.4, 0.5) is 0 Å². The van der Waals surface area contributed by atoms with E-state index in [-0.39, 0.29) is 4.83 Å². The Hall–Kier alpha value is -0.500. The van der Waals surface area contributed by atoms with Gasteiger partial charge in [-0.2, -0.15) is 0 Å². The van der Waals surface area contributed by atoms with Crippen LogP contribution in [0, 0.1) is 0 Å². The Morgan fingerprint density at radius 1 is 1.06 bits per heavy atom. The quantitative estimate of drug-likeness (QED) is 0.596. The Bertz CT molecular complexity index is 552. The number of hydrogen-bond donors (Lipinski definition) is 0. The van der Waals surface area contributed by atoms with Crippen LogP contribution in [0.2, 0.25) is 10.0 Å². The lowest BCUT2D eigenvalue weighted by atomic mass is 9.98. The van der Waals surface area contributed by atoms with Crippen LogP contribution >= 0.6 is 39.1 Å². The molecule has 0 aliphatic heterocycles. The van der Waals surface area contributed by atoms with E-state index in [0.29, 0.717) is 10.0 Å². The Balaban J connectivity index is 2.41. The fourth-order valence-electron chi connectivity index (χ4n) is 1.95. The Labute approximate surface area is 126 Å². The standard InChI is InChI=1S/C15H13BrCl2/c1-2-10-5-3-4-6-12(10)15(16)11-7-8-13(17)14(18)9-11/h3-9,15H,2H2,1H3. The van der Waals surface area contributed by atoms with Crippen LogP contribution in [0.5, 0.6) is 0 Å². The van der Waals surface area contributed by atoms with E-state index in [1.54, 1.807) is 0 Å². The van der Waals surface area contributed by atoms with Crippen molar-refractivity contribution >= 4 is 39.1 Å². The molecule has 0 amide bonds. The molecular formula is C15H13BrCl2. The smallest absolute Gasteiger partial charge is 0.0647 e. The van der Waals surface area contributed by atoms with Gasteiger partial charge in [-0.25, -0.2) is 0 Å². The van der Waals surface area contributed by atoms with Gasteiger partial charge in [-0.15, -0.1) is 0 Å². The normalized spacial score (nSPS) is 12.4. The van der Waals surface area contributed by atoms with Crippen LogP contribution in [-0.4, -0.2) is 0 Å². The summed E-state index contributed by atoms with van der Waals surface area (Å²) in [6.45, 7) is 2.16. The predicted molar refractivity (Wildman–Crippen MR) is 83.1 cm³/mol. The van der Waals surface area contributed by atoms with E-state index in [1.165, 1.54) is 11.1 Å². The van der Waals surface area contributed by atoms with E-state index in [4.69, 9.17) is 23.2 Å². The average molecular weight is 344 g/mol. The van der Waals surface area contributed by atoms with Crippen molar-refractivity contribution in [3.8, 4) is 0 Å². The summed E-state index contributed by atoms with van der Waals surface area (Å²) in [6, 6.07) is 14.2. The van der Waals surface area contributed by atoms with Gasteiger partial charge in [0.05, 0.1) is 14.9 Å². The number of benzene rings is 2. The molecule has 0 N–H and O–H groups in total. The van der Waals surface area contributed by atoms with Crippen LogP contribution in [0.15, 0.2) is 42.5 Å². The van der Waals surface area contributed by atoms with Gasteiger partial charge in [-0.1, -0.05) is 76.4 Å². The average Bonchev–Trinajstić information content (AvgIpc) is 2.41. The van der Waals surface area contributed by atoms with Crippen LogP contribution < -0.4 is 0 Å². The van der Waals surface area contributed by atoms with Gasteiger partial charge in [0.15, 0.2) is 0 Å². The highest BCUT2D eigenvalue weighted by Crippen LogP contribution is 2.35. The number of halogens is 3. The first kappa shape index (κ1) is 13.9. The molecule has 0 spiro atoms. The van der Waals surface area contributed by atoms with Crippen LogP contribution in [0.25, 0.3) is 0 Å². The Morgan fingerprint density at radius 3 is 2.44 bits per heavy atom. The summed E-state index contributed by atoms with van der Waals surface area (Å²) in [7, 11) is 0. The fourth-order valence-corrected chi connectivity index (χ4v) is 2.99. The molecule has 1 atom stereocenters. The molecule has 1 unspecified atom stereocenters. The molecule has 0 aliphatic carbocycles. The zero-order valence-corrected chi connectivity index (χ0v) is 13.1. The minimum Gasteiger partial charge on any atom is -0.0827 e. The van der Waals surface area contributed by atoms with E-state index < -0.39 is 0 Å². The summed E-state index contributed by atoms with van der Waals surface area (Å²) in [5.41, 5.74) is 3.73. The van der Waals surface area contributed by atoms with E-state index >= 15 is 0 Å². The molecule has 0 fully saturated rings.